The zero-order valence-corrected chi connectivity index (χ0v) is 31.3. The zero-order valence-electron chi connectivity index (χ0n) is 27.3. The summed E-state index contributed by atoms with van der Waals surface area (Å²) in [5.41, 5.74) is 2.48. The Kier molecular flexibility index (Phi) is 14.7. The maximum atomic E-state index is 14.3. The van der Waals surface area contributed by atoms with Gasteiger partial charge in [-0.05, 0) is 60.4 Å². The summed E-state index contributed by atoms with van der Waals surface area (Å²) in [6.07, 6.45) is -1.19. The van der Waals surface area contributed by atoms with Crippen molar-refractivity contribution in [2.24, 2.45) is 5.92 Å². The Hall–Kier alpha value is -3.17. The number of carboxylic acid groups (broad SMARTS) is 2. The number of rotatable bonds is 14. The number of carboxylic acids is 1. The number of hydrogen-bond acceptors (Lipinski definition) is 13. The third kappa shape index (κ3) is 8.89. The second-order valence-corrected chi connectivity index (χ2v) is 10.3. The molecule has 3 aromatic carbocycles. The van der Waals surface area contributed by atoms with Crippen molar-refractivity contribution in [3.8, 4) is 28.7 Å². The molecule has 0 bridgehead atoms. The SMILES string of the molecule is CCCOc1ccc2c(c1)C(c1ccc(OC)cc1OCC(=O)[O-])C(C(=O)OC(OCC)OC(=O)[O-])C2c1ccc2c(c1)OCO2.[Na+].[Na+]. The molecule has 0 saturated carbocycles. The summed E-state index contributed by atoms with van der Waals surface area (Å²) in [7, 11) is 1.45. The van der Waals surface area contributed by atoms with Crippen LogP contribution in [0.2, 0.25) is 0 Å². The molecule has 5 rings (SSSR count). The number of carbonyl (C=O) groups is 3. The number of benzene rings is 3. The molecule has 0 spiro atoms. The topological polar surface area (TPSA) is 171 Å². The van der Waals surface area contributed by atoms with Crippen molar-refractivity contribution in [2.45, 2.75) is 38.6 Å². The zero-order chi connectivity index (χ0) is 32.8. The molecule has 1 aliphatic heterocycles. The van der Waals surface area contributed by atoms with Crippen molar-refractivity contribution >= 4 is 18.1 Å². The summed E-state index contributed by atoms with van der Waals surface area (Å²) < 4.78 is 43.5. The molecule has 0 fully saturated rings. The van der Waals surface area contributed by atoms with Gasteiger partial charge in [-0.15, -0.1) is 0 Å². The fourth-order valence-corrected chi connectivity index (χ4v) is 5.76. The molecule has 0 saturated heterocycles. The predicted molar refractivity (Wildman–Crippen MR) is 153 cm³/mol. The average molecular weight is 683 g/mol. The van der Waals surface area contributed by atoms with Crippen LogP contribution >= 0.6 is 0 Å². The van der Waals surface area contributed by atoms with Crippen molar-refractivity contribution in [1.29, 1.82) is 0 Å². The Morgan fingerprint density at radius 1 is 0.833 bits per heavy atom. The van der Waals surface area contributed by atoms with Crippen molar-refractivity contribution in [1.82, 2.24) is 0 Å². The van der Waals surface area contributed by atoms with E-state index in [9.17, 15) is 24.6 Å². The van der Waals surface area contributed by atoms with Gasteiger partial charge in [0.05, 0.1) is 25.6 Å². The van der Waals surface area contributed by atoms with Gasteiger partial charge in [-0.2, -0.15) is 0 Å². The molecule has 15 heteroatoms. The molecule has 13 nitrogen and oxygen atoms in total. The average Bonchev–Trinajstić information content (AvgIpc) is 3.64. The third-order valence-corrected chi connectivity index (χ3v) is 7.56. The summed E-state index contributed by atoms with van der Waals surface area (Å²) in [5, 5.41) is 22.7. The molecule has 3 aromatic rings. The Labute approximate surface area is 321 Å². The first-order chi connectivity index (χ1) is 22.2. The van der Waals surface area contributed by atoms with Crippen molar-refractivity contribution in [3.63, 3.8) is 0 Å². The molecule has 1 heterocycles. The van der Waals surface area contributed by atoms with Crippen LogP contribution < -0.4 is 93.0 Å². The maximum Gasteiger partial charge on any atom is 1.00 e. The van der Waals surface area contributed by atoms with Gasteiger partial charge in [0.1, 0.15) is 23.9 Å². The van der Waals surface area contributed by atoms with Crippen LogP contribution in [0, 0.1) is 5.92 Å². The van der Waals surface area contributed by atoms with E-state index in [0.29, 0.717) is 46.3 Å². The minimum absolute atomic E-state index is 0. The fraction of sp³-hybridized carbons (Fsp3) is 0.364. The van der Waals surface area contributed by atoms with Crippen LogP contribution in [-0.2, 0) is 23.8 Å². The smallest absolute Gasteiger partial charge is 0.546 e. The number of methoxy groups -OCH3 is 1. The Morgan fingerprint density at radius 3 is 2.25 bits per heavy atom. The standard InChI is InChI=1S/C33H34O13.2Na/c1-4-12-41-20-8-9-21-23(14-20)29(22-10-7-19(39-3)15-25(22)42-16-27(34)35)30(31(36)45-33(40-5-2)46-32(37)38)28(21)18-6-11-24-26(13-18)44-17-43-24;;/h6-11,13-15,28-30,33H,4-5,12,16-17H2,1-3H3,(H,34,35)(H,37,38);;/q;2*+1/p-2. The second-order valence-electron chi connectivity index (χ2n) is 10.3. The van der Waals surface area contributed by atoms with Crippen molar-refractivity contribution < 1.29 is 122 Å². The Bertz CT molecular complexity index is 1600. The molecular weight excluding hydrogens is 650 g/mol. The van der Waals surface area contributed by atoms with E-state index in [1.54, 1.807) is 43.3 Å². The first-order valence-corrected chi connectivity index (χ1v) is 14.6. The van der Waals surface area contributed by atoms with Crippen molar-refractivity contribution in [3.05, 3.63) is 76.9 Å². The van der Waals surface area contributed by atoms with Gasteiger partial charge in [-0.25, -0.2) is 0 Å². The summed E-state index contributed by atoms with van der Waals surface area (Å²) in [5.74, 6) is -2.90. The van der Waals surface area contributed by atoms with Crippen LogP contribution in [0.25, 0.3) is 0 Å². The Morgan fingerprint density at radius 2 is 1.56 bits per heavy atom. The quantitative estimate of drug-likeness (QED) is 0.0932. The van der Waals surface area contributed by atoms with E-state index in [2.05, 4.69) is 4.74 Å². The number of ether oxygens (including phenoxy) is 8. The molecule has 4 atom stereocenters. The third-order valence-electron chi connectivity index (χ3n) is 7.56. The summed E-state index contributed by atoms with van der Waals surface area (Å²) >= 11 is 0. The van der Waals surface area contributed by atoms with E-state index >= 15 is 0 Å². The van der Waals surface area contributed by atoms with Gasteiger partial charge >= 0.3 is 71.6 Å². The van der Waals surface area contributed by atoms with Crippen LogP contribution in [0.3, 0.4) is 0 Å². The van der Waals surface area contributed by atoms with Crippen LogP contribution in [0.4, 0.5) is 4.79 Å². The van der Waals surface area contributed by atoms with E-state index in [4.69, 9.17) is 33.2 Å². The normalized spacial score (nSPS) is 17.5. The molecule has 0 radical (unpaired) electrons. The van der Waals surface area contributed by atoms with Gasteiger partial charge in [-0.3, -0.25) is 4.79 Å². The van der Waals surface area contributed by atoms with E-state index < -0.39 is 48.9 Å². The molecule has 2 aliphatic rings. The predicted octanol–water partition coefficient (Wildman–Crippen LogP) is -3.53. The minimum atomic E-state index is -1.95. The molecule has 0 N–H and O–H groups in total. The number of aliphatic carboxylic acids is 1. The summed E-state index contributed by atoms with van der Waals surface area (Å²) in [6.45, 7) is 1.30. The van der Waals surface area contributed by atoms with Crippen molar-refractivity contribution in [2.75, 3.05) is 33.7 Å². The molecule has 0 amide bonds. The second kappa shape index (κ2) is 18.0. The van der Waals surface area contributed by atoms with Gasteiger partial charge < -0.3 is 57.7 Å². The van der Waals surface area contributed by atoms with Crippen LogP contribution in [-0.4, -0.2) is 58.3 Å². The minimum Gasteiger partial charge on any atom is -0.546 e. The molecule has 0 aromatic heterocycles. The molecular formula is C33H32Na2O13. The van der Waals surface area contributed by atoms with Crippen LogP contribution in [0.15, 0.2) is 54.6 Å². The van der Waals surface area contributed by atoms with Gasteiger partial charge in [-0.1, -0.05) is 25.1 Å². The molecule has 48 heavy (non-hydrogen) atoms. The maximum absolute atomic E-state index is 14.3. The summed E-state index contributed by atoms with van der Waals surface area (Å²) in [4.78, 5) is 37.0. The number of esters is 1. The van der Waals surface area contributed by atoms with E-state index in [0.717, 1.165) is 12.0 Å². The summed E-state index contributed by atoms with van der Waals surface area (Å²) in [6, 6.07) is 15.6. The van der Waals surface area contributed by atoms with Crippen LogP contribution in [0.5, 0.6) is 28.7 Å². The number of hydrogen-bond donors (Lipinski definition) is 0. The van der Waals surface area contributed by atoms with Gasteiger partial charge in [0.25, 0.3) is 6.16 Å². The fourth-order valence-electron chi connectivity index (χ4n) is 5.76. The van der Waals surface area contributed by atoms with E-state index in [1.165, 1.54) is 13.2 Å². The first kappa shape index (κ1) is 39.3. The number of carbonyl (C=O) groups excluding carboxylic acids is 3. The number of fused-ring (bicyclic) bond motifs is 2. The largest absolute Gasteiger partial charge is 1.00 e. The van der Waals surface area contributed by atoms with Gasteiger partial charge in [0, 0.05) is 30.1 Å². The molecule has 244 valence electrons. The molecule has 1 aliphatic carbocycles. The first-order valence-electron chi connectivity index (χ1n) is 14.6. The van der Waals surface area contributed by atoms with E-state index in [1.807, 2.05) is 19.1 Å². The monoisotopic (exact) mass is 682 g/mol. The van der Waals surface area contributed by atoms with Crippen LogP contribution in [0.1, 0.15) is 54.4 Å². The van der Waals surface area contributed by atoms with Gasteiger partial charge in [0.15, 0.2) is 11.5 Å². The van der Waals surface area contributed by atoms with E-state index in [-0.39, 0.29) is 78.3 Å². The van der Waals surface area contributed by atoms with Gasteiger partial charge in [0.2, 0.25) is 6.79 Å². The molecule has 4 unspecified atom stereocenters. The Balaban J connectivity index is 0.00000312.